The SMILES string of the molecule is COCCOCCOCCOCc1cc(OC)c(-c2ccc(CC(N)C(=O)O)cc2)c(OC)c1. The Hall–Kier alpha value is -2.69. The van der Waals surface area contributed by atoms with Crippen LogP contribution < -0.4 is 15.2 Å². The maximum atomic E-state index is 11.0. The van der Waals surface area contributed by atoms with Gasteiger partial charge in [0.1, 0.15) is 17.5 Å². The molecule has 0 radical (unpaired) electrons. The molecule has 2 aromatic carbocycles. The minimum absolute atomic E-state index is 0.255. The van der Waals surface area contributed by atoms with E-state index in [1.165, 1.54) is 0 Å². The third kappa shape index (κ3) is 8.92. The molecule has 0 saturated carbocycles. The maximum absolute atomic E-state index is 11.0. The van der Waals surface area contributed by atoms with E-state index in [2.05, 4.69) is 0 Å². The molecule has 0 heterocycles. The number of rotatable bonds is 17. The lowest BCUT2D eigenvalue weighted by Crippen LogP contribution is -2.32. The fourth-order valence-corrected chi connectivity index (χ4v) is 3.25. The van der Waals surface area contributed by atoms with E-state index in [0.29, 0.717) is 57.7 Å². The van der Waals surface area contributed by atoms with Crippen molar-refractivity contribution in [1.29, 1.82) is 0 Å². The van der Waals surface area contributed by atoms with Crippen molar-refractivity contribution in [1.82, 2.24) is 0 Å². The molecule has 3 N–H and O–H groups in total. The molecule has 188 valence electrons. The first-order valence-electron chi connectivity index (χ1n) is 11.0. The molecule has 1 unspecified atom stereocenters. The first-order chi connectivity index (χ1) is 16.5. The van der Waals surface area contributed by atoms with E-state index in [-0.39, 0.29) is 6.42 Å². The van der Waals surface area contributed by atoms with Gasteiger partial charge in [-0.25, -0.2) is 0 Å². The monoisotopic (exact) mass is 477 g/mol. The van der Waals surface area contributed by atoms with Crippen LogP contribution in [0.4, 0.5) is 0 Å². The van der Waals surface area contributed by atoms with Crippen LogP contribution in [0.1, 0.15) is 11.1 Å². The molecule has 0 aromatic heterocycles. The van der Waals surface area contributed by atoms with Gasteiger partial charge in [-0.15, -0.1) is 0 Å². The zero-order valence-corrected chi connectivity index (χ0v) is 20.1. The number of methoxy groups -OCH3 is 3. The number of carboxylic acids is 1. The second-order valence-electron chi connectivity index (χ2n) is 7.49. The van der Waals surface area contributed by atoms with Crippen LogP contribution in [-0.2, 0) is 36.8 Å². The summed E-state index contributed by atoms with van der Waals surface area (Å²) in [5.74, 6) is 0.276. The van der Waals surface area contributed by atoms with Crippen LogP contribution in [0.5, 0.6) is 11.5 Å². The predicted molar refractivity (Wildman–Crippen MR) is 127 cm³/mol. The van der Waals surface area contributed by atoms with E-state index in [9.17, 15) is 4.79 Å². The summed E-state index contributed by atoms with van der Waals surface area (Å²) in [6.45, 7) is 3.45. The lowest BCUT2D eigenvalue weighted by molar-refractivity contribution is -0.138. The van der Waals surface area contributed by atoms with E-state index in [4.69, 9.17) is 39.3 Å². The molecule has 0 aliphatic carbocycles. The molecule has 2 rings (SSSR count). The molecule has 34 heavy (non-hydrogen) atoms. The van der Waals surface area contributed by atoms with Crippen molar-refractivity contribution in [2.75, 3.05) is 61.0 Å². The van der Waals surface area contributed by atoms with Gasteiger partial charge in [-0.3, -0.25) is 4.79 Å². The van der Waals surface area contributed by atoms with Crippen molar-refractivity contribution in [3.8, 4) is 22.6 Å². The zero-order valence-electron chi connectivity index (χ0n) is 20.1. The van der Waals surface area contributed by atoms with Crippen LogP contribution in [0.15, 0.2) is 36.4 Å². The minimum atomic E-state index is -1.02. The summed E-state index contributed by atoms with van der Waals surface area (Å²) < 4.78 is 32.7. The van der Waals surface area contributed by atoms with E-state index in [1.807, 2.05) is 36.4 Å². The molecule has 9 nitrogen and oxygen atoms in total. The molecule has 0 bridgehead atoms. The predicted octanol–water partition coefficient (Wildman–Crippen LogP) is 2.52. The Morgan fingerprint density at radius 2 is 1.35 bits per heavy atom. The molecule has 0 amide bonds. The first-order valence-corrected chi connectivity index (χ1v) is 11.0. The van der Waals surface area contributed by atoms with Crippen LogP contribution >= 0.6 is 0 Å². The molecule has 1 atom stereocenters. The van der Waals surface area contributed by atoms with Crippen LogP contribution in [0.2, 0.25) is 0 Å². The number of carbonyl (C=O) groups is 1. The fourth-order valence-electron chi connectivity index (χ4n) is 3.25. The van der Waals surface area contributed by atoms with Crippen LogP contribution in [0, 0.1) is 0 Å². The highest BCUT2D eigenvalue weighted by Crippen LogP contribution is 2.39. The molecule has 0 spiro atoms. The minimum Gasteiger partial charge on any atom is -0.496 e. The molecule has 9 heteroatoms. The Morgan fingerprint density at radius 3 is 1.85 bits per heavy atom. The Balaban J connectivity index is 1.94. The van der Waals surface area contributed by atoms with Crippen molar-refractivity contribution < 1.29 is 38.3 Å². The fraction of sp³-hybridized carbons (Fsp3) is 0.480. The zero-order chi connectivity index (χ0) is 24.8. The Bertz CT molecular complexity index is 847. The summed E-state index contributed by atoms with van der Waals surface area (Å²) in [4.78, 5) is 11.0. The number of nitrogens with two attached hydrogens (primary N) is 1. The van der Waals surface area contributed by atoms with Crippen molar-refractivity contribution >= 4 is 5.97 Å². The number of benzene rings is 2. The van der Waals surface area contributed by atoms with Crippen LogP contribution in [0.25, 0.3) is 11.1 Å². The lowest BCUT2D eigenvalue weighted by atomic mass is 9.98. The van der Waals surface area contributed by atoms with Crippen molar-refractivity contribution in [3.05, 3.63) is 47.5 Å². The van der Waals surface area contributed by atoms with Gasteiger partial charge in [-0.1, -0.05) is 24.3 Å². The van der Waals surface area contributed by atoms with E-state index in [1.54, 1.807) is 21.3 Å². The molecule has 2 aromatic rings. The third-order valence-electron chi connectivity index (χ3n) is 5.03. The smallest absolute Gasteiger partial charge is 0.320 e. The number of carboxylic acid groups (broad SMARTS) is 1. The van der Waals surface area contributed by atoms with Crippen molar-refractivity contribution in [2.24, 2.45) is 5.73 Å². The Morgan fingerprint density at radius 1 is 0.824 bits per heavy atom. The number of hydrogen-bond donors (Lipinski definition) is 2. The molecule has 0 fully saturated rings. The maximum Gasteiger partial charge on any atom is 0.320 e. The van der Waals surface area contributed by atoms with Crippen LogP contribution in [0.3, 0.4) is 0 Å². The summed E-state index contributed by atoms with van der Waals surface area (Å²) in [6, 6.07) is 10.4. The molecular formula is C25H35NO8. The Kier molecular flexibility index (Phi) is 12.4. The van der Waals surface area contributed by atoms with E-state index >= 15 is 0 Å². The molecule has 0 aliphatic heterocycles. The summed E-state index contributed by atoms with van der Waals surface area (Å²) in [5.41, 5.74) is 9.07. The number of aliphatic carboxylic acids is 1. The van der Waals surface area contributed by atoms with Gasteiger partial charge >= 0.3 is 5.97 Å². The van der Waals surface area contributed by atoms with Gasteiger partial charge in [0.05, 0.1) is 66.0 Å². The molecule has 0 saturated heterocycles. The van der Waals surface area contributed by atoms with E-state index < -0.39 is 12.0 Å². The second kappa shape index (κ2) is 15.3. The van der Waals surface area contributed by atoms with Crippen molar-refractivity contribution in [2.45, 2.75) is 19.1 Å². The highest BCUT2D eigenvalue weighted by molar-refractivity contribution is 5.78. The summed E-state index contributed by atoms with van der Waals surface area (Å²) in [6.07, 6.45) is 0.255. The quantitative estimate of drug-likeness (QED) is 0.331. The van der Waals surface area contributed by atoms with Gasteiger partial charge in [0.25, 0.3) is 0 Å². The first kappa shape index (κ1) is 27.6. The standard InChI is InChI=1S/C25H35NO8/c1-29-8-9-32-10-11-33-12-13-34-17-19-15-22(30-2)24(23(16-19)31-3)20-6-4-18(5-7-20)14-21(26)25(27)28/h4-7,15-16,21H,8-14,17,26H2,1-3H3,(H,27,28). The van der Waals surface area contributed by atoms with Gasteiger partial charge in [-0.2, -0.15) is 0 Å². The van der Waals surface area contributed by atoms with Gasteiger partial charge in [0.2, 0.25) is 0 Å². The Labute approximate surface area is 200 Å². The highest BCUT2D eigenvalue weighted by Gasteiger charge is 2.16. The molecule has 0 aliphatic rings. The van der Waals surface area contributed by atoms with Crippen LogP contribution in [-0.4, -0.2) is 78.1 Å². The van der Waals surface area contributed by atoms with Gasteiger partial charge in [0, 0.05) is 7.11 Å². The summed E-state index contributed by atoms with van der Waals surface area (Å²) in [7, 11) is 4.84. The van der Waals surface area contributed by atoms with Crippen molar-refractivity contribution in [3.63, 3.8) is 0 Å². The molecular weight excluding hydrogens is 442 g/mol. The van der Waals surface area contributed by atoms with Gasteiger partial charge < -0.3 is 39.3 Å². The lowest BCUT2D eigenvalue weighted by Gasteiger charge is -2.16. The second-order valence-corrected chi connectivity index (χ2v) is 7.49. The van der Waals surface area contributed by atoms with Gasteiger partial charge in [-0.05, 0) is 35.2 Å². The average Bonchev–Trinajstić information content (AvgIpc) is 2.85. The van der Waals surface area contributed by atoms with E-state index in [0.717, 1.165) is 22.3 Å². The normalized spacial score (nSPS) is 11.9. The summed E-state index contributed by atoms with van der Waals surface area (Å²) in [5, 5.41) is 9.01. The highest BCUT2D eigenvalue weighted by atomic mass is 16.6. The largest absolute Gasteiger partial charge is 0.496 e. The average molecular weight is 478 g/mol. The number of ether oxygens (including phenoxy) is 6. The number of hydrogen-bond acceptors (Lipinski definition) is 8. The van der Waals surface area contributed by atoms with Gasteiger partial charge in [0.15, 0.2) is 0 Å². The topological polar surface area (TPSA) is 119 Å². The summed E-state index contributed by atoms with van der Waals surface area (Å²) >= 11 is 0. The third-order valence-corrected chi connectivity index (χ3v) is 5.03.